The number of hydrogen-bond acceptors (Lipinski definition) is 8. The summed E-state index contributed by atoms with van der Waals surface area (Å²) in [7, 11) is 1.51. The van der Waals surface area contributed by atoms with Crippen molar-refractivity contribution in [1.82, 2.24) is 29.8 Å². The molecular formula is C27H23F4IN7OPS. The Morgan fingerprint density at radius 1 is 1.17 bits per heavy atom. The van der Waals surface area contributed by atoms with Crippen LogP contribution in [0, 0.1) is 0 Å². The highest BCUT2D eigenvalue weighted by atomic mass is 127. The van der Waals surface area contributed by atoms with Crippen LogP contribution in [-0.2, 0) is 11.8 Å². The SMILES string of the molecule is COc1nc(N2CC3CCC(C2)N3)c2c(n1)sc1c(-c3c(C4(F)CC4)c(C(F)(F)F)cc4c3cnn4PI)nccc12. The van der Waals surface area contributed by atoms with Gasteiger partial charge in [-0.15, -0.1) is 11.3 Å². The third kappa shape index (κ3) is 4.11. The van der Waals surface area contributed by atoms with Crippen molar-refractivity contribution in [3.05, 3.63) is 35.7 Å². The molecule has 8 rings (SSSR count). The highest BCUT2D eigenvalue weighted by Gasteiger charge is 2.53. The zero-order valence-electron chi connectivity index (χ0n) is 22.1. The fourth-order valence-electron chi connectivity index (χ4n) is 6.56. The minimum absolute atomic E-state index is 0.0251. The normalized spacial score (nSPS) is 21.9. The molecule has 0 radical (unpaired) electrons. The number of halogens is 5. The number of hydrogen-bond donors (Lipinski definition) is 1. The molecule has 6 heterocycles. The Hall–Kier alpha value is -2.42. The summed E-state index contributed by atoms with van der Waals surface area (Å²) in [5, 5.41) is 10.0. The highest BCUT2D eigenvalue weighted by molar-refractivity contribution is 14.2. The van der Waals surface area contributed by atoms with Crippen molar-refractivity contribution in [1.29, 1.82) is 0 Å². The lowest BCUT2D eigenvalue weighted by Crippen LogP contribution is -2.51. The predicted octanol–water partition coefficient (Wildman–Crippen LogP) is 6.97. The van der Waals surface area contributed by atoms with Crippen molar-refractivity contribution in [3.8, 4) is 17.3 Å². The van der Waals surface area contributed by atoms with Crippen molar-refractivity contribution in [2.24, 2.45) is 0 Å². The molecular weight excluding hydrogens is 704 g/mol. The van der Waals surface area contributed by atoms with Crippen LogP contribution >= 0.6 is 39.8 Å². The summed E-state index contributed by atoms with van der Waals surface area (Å²) >= 11 is 3.40. The number of alkyl halides is 4. The molecule has 2 bridgehead atoms. The minimum atomic E-state index is -4.76. The molecule has 2 aliphatic heterocycles. The second-order valence-corrected chi connectivity index (χ2v) is 14.1. The molecule has 218 valence electrons. The van der Waals surface area contributed by atoms with E-state index in [0.717, 1.165) is 48.6 Å². The monoisotopic (exact) mass is 727 g/mol. The second-order valence-electron chi connectivity index (χ2n) is 11.1. The van der Waals surface area contributed by atoms with E-state index >= 15 is 4.39 Å². The standard InChI is InChI=1S/C27H23F4IN7OPS/c1-40-25-36-23(38-10-12-2-3-13(11-38)35-12)19-14-4-7-33-21(22(14)42-24(19)37-25)18-15-9-34-39(41-32)17(15)8-16(27(29,30)31)20(18)26(28)5-6-26/h4,7-9,12-13,35,41H,2-3,5-6,10-11H2,1H3. The Kier molecular flexibility index (Phi) is 6.17. The van der Waals surface area contributed by atoms with Gasteiger partial charge in [0.2, 0.25) is 0 Å². The lowest BCUT2D eigenvalue weighted by Gasteiger charge is -2.34. The van der Waals surface area contributed by atoms with Crippen LogP contribution < -0.4 is 15.0 Å². The van der Waals surface area contributed by atoms with Crippen LogP contribution in [0.2, 0.25) is 0 Å². The van der Waals surface area contributed by atoms with Crippen molar-refractivity contribution in [2.45, 2.75) is 49.6 Å². The van der Waals surface area contributed by atoms with E-state index in [9.17, 15) is 13.2 Å². The summed E-state index contributed by atoms with van der Waals surface area (Å²) < 4.78 is 67.5. The van der Waals surface area contributed by atoms with Gasteiger partial charge in [0.05, 0.1) is 46.5 Å². The van der Waals surface area contributed by atoms with Crippen molar-refractivity contribution >= 4 is 76.8 Å². The van der Waals surface area contributed by atoms with E-state index < -0.39 is 17.4 Å². The minimum Gasteiger partial charge on any atom is -0.467 e. The summed E-state index contributed by atoms with van der Waals surface area (Å²) in [6, 6.07) is 3.83. The Morgan fingerprint density at radius 3 is 2.60 bits per heavy atom. The Bertz CT molecular complexity index is 1900. The van der Waals surface area contributed by atoms with Gasteiger partial charge >= 0.3 is 12.2 Å². The summed E-state index contributed by atoms with van der Waals surface area (Å²) in [5.74, 6) is 0.733. The summed E-state index contributed by atoms with van der Waals surface area (Å²) in [6.45, 7) is 1.56. The first-order valence-corrected chi connectivity index (χ1v) is 18.4. The Balaban J connectivity index is 1.45. The number of piperazine rings is 1. The molecule has 1 saturated carbocycles. The molecule has 42 heavy (non-hydrogen) atoms. The first-order chi connectivity index (χ1) is 20.2. The number of ether oxygens (including phenoxy) is 1. The number of thiophene rings is 1. The zero-order valence-corrected chi connectivity index (χ0v) is 26.1. The molecule has 3 aliphatic rings. The quantitative estimate of drug-likeness (QED) is 0.119. The number of methoxy groups -OCH3 is 1. The molecule has 2 saturated heterocycles. The molecule has 4 aromatic heterocycles. The van der Waals surface area contributed by atoms with Crippen LogP contribution in [0.25, 0.3) is 42.5 Å². The molecule has 15 heteroatoms. The molecule has 1 aromatic carbocycles. The average Bonchev–Trinajstić information content (AvgIpc) is 3.28. The van der Waals surface area contributed by atoms with Crippen molar-refractivity contribution in [3.63, 3.8) is 0 Å². The number of fused-ring (bicyclic) bond motifs is 6. The van der Waals surface area contributed by atoms with E-state index in [1.165, 1.54) is 29.1 Å². The van der Waals surface area contributed by atoms with Gasteiger partial charge < -0.3 is 15.0 Å². The highest BCUT2D eigenvalue weighted by Crippen LogP contribution is 2.58. The number of benzene rings is 1. The number of aromatic nitrogens is 5. The van der Waals surface area contributed by atoms with Gasteiger partial charge in [0.25, 0.3) is 0 Å². The van der Waals surface area contributed by atoms with Gasteiger partial charge in [-0.2, -0.15) is 28.2 Å². The van der Waals surface area contributed by atoms with Crippen LogP contribution in [0.4, 0.5) is 23.4 Å². The largest absolute Gasteiger partial charge is 0.467 e. The summed E-state index contributed by atoms with van der Waals surface area (Å²) in [6.07, 6.45) is 0.658. The number of nitrogens with one attached hydrogen (secondary N) is 1. The lowest BCUT2D eigenvalue weighted by molar-refractivity contribution is -0.138. The zero-order chi connectivity index (χ0) is 29.0. The number of nitrogens with zero attached hydrogens (tertiary/aromatic N) is 6. The smallest absolute Gasteiger partial charge is 0.416 e. The van der Waals surface area contributed by atoms with Gasteiger partial charge in [-0.1, -0.05) is 0 Å². The summed E-state index contributed by atoms with van der Waals surface area (Å²) in [5.41, 5.74) is -2.65. The van der Waals surface area contributed by atoms with Crippen LogP contribution in [0.15, 0.2) is 24.5 Å². The molecule has 1 N–H and O–H groups in total. The lowest BCUT2D eigenvalue weighted by atomic mass is 9.90. The maximum absolute atomic E-state index is 16.1. The number of rotatable bonds is 5. The first kappa shape index (κ1) is 27.2. The maximum Gasteiger partial charge on any atom is 0.416 e. The van der Waals surface area contributed by atoms with Crippen molar-refractivity contribution < 1.29 is 22.3 Å². The van der Waals surface area contributed by atoms with Gasteiger partial charge in [-0.25, -0.2) is 8.84 Å². The fraction of sp³-hybridized carbons (Fsp3) is 0.407. The van der Waals surface area contributed by atoms with Gasteiger partial charge in [0.15, 0.2) is 0 Å². The summed E-state index contributed by atoms with van der Waals surface area (Å²) in [4.78, 5) is 16.9. The van der Waals surface area contributed by atoms with E-state index in [2.05, 4.69) is 47.3 Å². The number of anilines is 1. The Labute approximate surface area is 255 Å². The van der Waals surface area contributed by atoms with Gasteiger partial charge in [-0.05, 0) is 59.9 Å². The second kappa shape index (κ2) is 9.54. The molecule has 0 spiro atoms. The van der Waals surface area contributed by atoms with Crippen LogP contribution in [-0.4, -0.2) is 56.8 Å². The maximum atomic E-state index is 16.1. The average molecular weight is 727 g/mol. The fourth-order valence-corrected chi connectivity index (χ4v) is 9.24. The Morgan fingerprint density at radius 2 is 1.93 bits per heavy atom. The number of pyridine rings is 1. The third-order valence-corrected chi connectivity index (χ3v) is 11.5. The van der Waals surface area contributed by atoms with E-state index in [-0.39, 0.29) is 36.4 Å². The predicted molar refractivity (Wildman–Crippen MR) is 165 cm³/mol. The van der Waals surface area contributed by atoms with E-state index in [1.54, 1.807) is 6.20 Å². The van der Waals surface area contributed by atoms with Crippen LogP contribution in [0.1, 0.15) is 36.8 Å². The van der Waals surface area contributed by atoms with E-state index in [4.69, 9.17) is 9.72 Å². The van der Waals surface area contributed by atoms with Gasteiger partial charge in [0, 0.05) is 53.3 Å². The molecule has 5 aromatic rings. The molecule has 0 amide bonds. The van der Waals surface area contributed by atoms with E-state index in [0.29, 0.717) is 38.2 Å². The topological polar surface area (TPSA) is 81.0 Å². The van der Waals surface area contributed by atoms with Crippen LogP contribution in [0.3, 0.4) is 0 Å². The van der Waals surface area contributed by atoms with Gasteiger partial charge in [-0.3, -0.25) is 4.98 Å². The molecule has 8 nitrogen and oxygen atoms in total. The molecule has 3 atom stereocenters. The van der Waals surface area contributed by atoms with Gasteiger partial charge in [0.1, 0.15) is 16.3 Å². The molecule has 3 fully saturated rings. The first-order valence-electron chi connectivity index (χ1n) is 13.5. The van der Waals surface area contributed by atoms with Crippen LogP contribution in [0.5, 0.6) is 6.01 Å². The molecule has 3 unspecified atom stereocenters. The van der Waals surface area contributed by atoms with Crippen molar-refractivity contribution in [2.75, 3.05) is 25.1 Å². The third-order valence-electron chi connectivity index (χ3n) is 8.54. The molecule has 1 aliphatic carbocycles. The van der Waals surface area contributed by atoms with E-state index in [1.807, 2.05) is 6.07 Å².